The highest BCUT2D eigenvalue weighted by molar-refractivity contribution is 5.78. The maximum atomic E-state index is 11.3. The van der Waals surface area contributed by atoms with Crippen molar-refractivity contribution in [2.45, 2.75) is 26.7 Å². The number of rotatable bonds is 4. The molecule has 4 heteroatoms. The second-order valence-electron chi connectivity index (χ2n) is 3.62. The third-order valence-electron chi connectivity index (χ3n) is 2.06. The molecule has 1 amide bonds. The zero-order valence-corrected chi connectivity index (χ0v) is 10.3. The largest absolute Gasteiger partial charge is 0.483 e. The van der Waals surface area contributed by atoms with Crippen LogP contribution in [-0.2, 0) is 16.0 Å². The molecule has 17 heavy (non-hydrogen) atoms. The van der Waals surface area contributed by atoms with Crippen molar-refractivity contribution in [2.24, 2.45) is 0 Å². The minimum absolute atomic E-state index is 0.107. The summed E-state index contributed by atoms with van der Waals surface area (Å²) in [5, 5.41) is 9.75. The Morgan fingerprint density at radius 3 is 2.35 bits per heavy atom. The van der Waals surface area contributed by atoms with Crippen LogP contribution >= 0.6 is 0 Å². The van der Waals surface area contributed by atoms with Gasteiger partial charge in [-0.3, -0.25) is 9.59 Å². The first-order chi connectivity index (χ1) is 8.13. The van der Waals surface area contributed by atoms with Crippen LogP contribution in [0.2, 0.25) is 0 Å². The molecule has 0 aliphatic carbocycles. The summed E-state index contributed by atoms with van der Waals surface area (Å²) >= 11 is 0. The monoisotopic (exact) mass is 237 g/mol. The Morgan fingerprint density at radius 1 is 1.35 bits per heavy atom. The molecule has 0 saturated carbocycles. The second-order valence-corrected chi connectivity index (χ2v) is 3.62. The molecular formula is C13H19NO3. The topological polar surface area (TPSA) is 66.4 Å². The number of carbonyl (C=O) groups excluding carboxylic acids is 1. The zero-order chi connectivity index (χ0) is 13.1. The molecule has 94 valence electrons. The predicted molar refractivity (Wildman–Crippen MR) is 66.9 cm³/mol. The summed E-state index contributed by atoms with van der Waals surface area (Å²) < 4.78 is 0. The first kappa shape index (κ1) is 15.2. The van der Waals surface area contributed by atoms with Crippen LogP contribution in [-0.4, -0.2) is 24.0 Å². The lowest BCUT2D eigenvalue weighted by molar-refractivity contribution is -0.123. The van der Waals surface area contributed by atoms with Gasteiger partial charge in [-0.2, -0.15) is 0 Å². The van der Waals surface area contributed by atoms with Crippen molar-refractivity contribution in [1.82, 2.24) is 5.32 Å². The van der Waals surface area contributed by atoms with Crippen LogP contribution in [0.4, 0.5) is 0 Å². The molecule has 0 aliphatic rings. The predicted octanol–water partition coefficient (Wildman–Crippen LogP) is 1.76. The van der Waals surface area contributed by atoms with Crippen molar-refractivity contribution in [3.05, 3.63) is 35.4 Å². The van der Waals surface area contributed by atoms with E-state index in [1.807, 2.05) is 38.1 Å². The van der Waals surface area contributed by atoms with Crippen molar-refractivity contribution >= 4 is 12.4 Å². The Labute approximate surface area is 102 Å². The van der Waals surface area contributed by atoms with Gasteiger partial charge in [-0.15, -0.1) is 0 Å². The molecule has 4 nitrogen and oxygen atoms in total. The van der Waals surface area contributed by atoms with Crippen molar-refractivity contribution in [2.75, 3.05) is 6.54 Å². The highest BCUT2D eigenvalue weighted by atomic mass is 16.3. The number of benzene rings is 1. The molecule has 0 aromatic heterocycles. The number of carboxylic acid groups (broad SMARTS) is 1. The molecule has 1 rings (SSSR count). The summed E-state index contributed by atoms with van der Waals surface area (Å²) in [6.45, 7) is 4.61. The zero-order valence-electron chi connectivity index (χ0n) is 10.3. The first-order valence-electron chi connectivity index (χ1n) is 5.54. The van der Waals surface area contributed by atoms with E-state index < -0.39 is 0 Å². The van der Waals surface area contributed by atoms with Gasteiger partial charge in [-0.1, -0.05) is 36.8 Å². The Hall–Kier alpha value is -1.84. The molecule has 0 atom stereocenters. The summed E-state index contributed by atoms with van der Waals surface area (Å²) in [5.74, 6) is 0.107. The Bertz CT molecular complexity index is 333. The van der Waals surface area contributed by atoms with Crippen molar-refractivity contribution < 1.29 is 14.7 Å². The third-order valence-corrected chi connectivity index (χ3v) is 2.06. The number of hydrogen-bond acceptors (Lipinski definition) is 2. The highest BCUT2D eigenvalue weighted by Gasteiger charge is 2.01. The van der Waals surface area contributed by atoms with Gasteiger partial charge in [0, 0.05) is 6.54 Å². The van der Waals surface area contributed by atoms with Crippen LogP contribution in [0.5, 0.6) is 0 Å². The third kappa shape index (κ3) is 8.02. The molecule has 1 aromatic rings. The van der Waals surface area contributed by atoms with Gasteiger partial charge < -0.3 is 10.4 Å². The maximum absolute atomic E-state index is 11.3. The summed E-state index contributed by atoms with van der Waals surface area (Å²) in [7, 11) is 0. The van der Waals surface area contributed by atoms with Gasteiger partial charge >= 0.3 is 0 Å². The first-order valence-corrected chi connectivity index (χ1v) is 5.54. The molecule has 0 bridgehead atoms. The van der Waals surface area contributed by atoms with Gasteiger partial charge in [0.25, 0.3) is 6.47 Å². The van der Waals surface area contributed by atoms with Crippen LogP contribution in [0.1, 0.15) is 24.5 Å². The molecule has 0 radical (unpaired) electrons. The van der Waals surface area contributed by atoms with Crippen LogP contribution < -0.4 is 5.32 Å². The van der Waals surface area contributed by atoms with E-state index in [1.165, 1.54) is 5.56 Å². The Balaban J connectivity index is 0.000000770. The van der Waals surface area contributed by atoms with Crippen LogP contribution in [0.15, 0.2) is 24.3 Å². The van der Waals surface area contributed by atoms with Crippen molar-refractivity contribution in [3.63, 3.8) is 0 Å². The van der Waals surface area contributed by atoms with Gasteiger partial charge in [-0.05, 0) is 18.9 Å². The lowest BCUT2D eigenvalue weighted by atomic mass is 10.1. The van der Waals surface area contributed by atoms with Crippen molar-refractivity contribution in [3.8, 4) is 0 Å². The number of hydrogen-bond donors (Lipinski definition) is 2. The van der Waals surface area contributed by atoms with Crippen LogP contribution in [0, 0.1) is 6.92 Å². The molecule has 2 N–H and O–H groups in total. The van der Waals surface area contributed by atoms with E-state index in [0.29, 0.717) is 6.42 Å². The van der Waals surface area contributed by atoms with Gasteiger partial charge in [0.15, 0.2) is 0 Å². The van der Waals surface area contributed by atoms with E-state index in [-0.39, 0.29) is 12.4 Å². The fourth-order valence-corrected chi connectivity index (χ4v) is 1.22. The van der Waals surface area contributed by atoms with E-state index in [4.69, 9.17) is 9.90 Å². The molecule has 1 aromatic carbocycles. The lowest BCUT2D eigenvalue weighted by Gasteiger charge is -2.03. The summed E-state index contributed by atoms with van der Waals surface area (Å²) in [5.41, 5.74) is 2.30. The fourth-order valence-electron chi connectivity index (χ4n) is 1.22. The van der Waals surface area contributed by atoms with E-state index in [0.717, 1.165) is 18.5 Å². The number of carbonyl (C=O) groups is 2. The number of amides is 1. The maximum Gasteiger partial charge on any atom is 0.290 e. The van der Waals surface area contributed by atoms with Gasteiger partial charge in [-0.25, -0.2) is 0 Å². The number of aryl methyl sites for hydroxylation is 1. The summed E-state index contributed by atoms with van der Waals surface area (Å²) in [6.07, 6.45) is 1.47. The molecule has 0 spiro atoms. The SMILES string of the molecule is CCCNC(=O)Cc1ccc(C)cc1.O=CO. The number of nitrogens with one attached hydrogen (secondary N) is 1. The fraction of sp³-hybridized carbons (Fsp3) is 0.385. The quantitative estimate of drug-likeness (QED) is 0.784. The lowest BCUT2D eigenvalue weighted by Crippen LogP contribution is -2.25. The van der Waals surface area contributed by atoms with E-state index >= 15 is 0 Å². The minimum atomic E-state index is -0.250. The minimum Gasteiger partial charge on any atom is -0.483 e. The molecule has 0 unspecified atom stereocenters. The van der Waals surface area contributed by atoms with Crippen LogP contribution in [0.3, 0.4) is 0 Å². The van der Waals surface area contributed by atoms with Crippen molar-refractivity contribution in [1.29, 1.82) is 0 Å². The standard InChI is InChI=1S/C12H17NO.CH2O2/c1-3-8-13-12(14)9-11-6-4-10(2)5-7-11;2-1-3/h4-7H,3,8-9H2,1-2H3,(H,13,14);1H,(H,2,3). The average Bonchev–Trinajstić information content (AvgIpc) is 2.30. The molecule has 0 aliphatic heterocycles. The van der Waals surface area contributed by atoms with E-state index in [1.54, 1.807) is 0 Å². The van der Waals surface area contributed by atoms with E-state index in [9.17, 15) is 4.79 Å². The van der Waals surface area contributed by atoms with E-state index in [2.05, 4.69) is 5.32 Å². The average molecular weight is 237 g/mol. The molecule has 0 saturated heterocycles. The van der Waals surface area contributed by atoms with Gasteiger partial charge in [0.05, 0.1) is 6.42 Å². The Kier molecular flexibility index (Phi) is 8.37. The van der Waals surface area contributed by atoms with Gasteiger partial charge in [0.1, 0.15) is 0 Å². The molecule has 0 fully saturated rings. The van der Waals surface area contributed by atoms with Crippen LogP contribution in [0.25, 0.3) is 0 Å². The second kappa shape index (κ2) is 9.39. The normalized spacial score (nSPS) is 8.82. The van der Waals surface area contributed by atoms with Gasteiger partial charge in [0.2, 0.25) is 5.91 Å². The molecule has 0 heterocycles. The Morgan fingerprint density at radius 2 is 1.88 bits per heavy atom. The molecular weight excluding hydrogens is 218 g/mol. The summed E-state index contributed by atoms with van der Waals surface area (Å²) in [4.78, 5) is 19.7. The summed E-state index contributed by atoms with van der Waals surface area (Å²) in [6, 6.07) is 8.06. The smallest absolute Gasteiger partial charge is 0.290 e. The highest BCUT2D eigenvalue weighted by Crippen LogP contribution is 2.03.